The van der Waals surface area contributed by atoms with Crippen LogP contribution in [0.1, 0.15) is 37.2 Å². The van der Waals surface area contributed by atoms with Gasteiger partial charge in [0.1, 0.15) is 0 Å². The van der Waals surface area contributed by atoms with E-state index in [2.05, 4.69) is 34.1 Å². The fourth-order valence-electron chi connectivity index (χ4n) is 4.63. The number of rotatable bonds is 4. The summed E-state index contributed by atoms with van der Waals surface area (Å²) in [6.07, 6.45) is 7.54. The Morgan fingerprint density at radius 2 is 1.93 bits per heavy atom. The summed E-state index contributed by atoms with van der Waals surface area (Å²) in [6.45, 7) is 3.51. The monoisotopic (exact) mass is 380 g/mol. The first-order valence-corrected chi connectivity index (χ1v) is 10.2. The zero-order chi connectivity index (χ0) is 19.5. The van der Waals surface area contributed by atoms with Crippen molar-refractivity contribution in [3.63, 3.8) is 0 Å². The van der Waals surface area contributed by atoms with Gasteiger partial charge in [0.15, 0.2) is 0 Å². The fraction of sp³-hybridized carbons (Fsp3) is 0.500. The summed E-state index contributed by atoms with van der Waals surface area (Å²) in [6, 6.07) is 8.55. The molecular weight excluding hydrogens is 352 g/mol. The third-order valence-electron chi connectivity index (χ3n) is 6.28. The van der Waals surface area contributed by atoms with E-state index in [9.17, 15) is 9.59 Å². The van der Waals surface area contributed by atoms with Gasteiger partial charge in [-0.2, -0.15) is 0 Å². The minimum Gasteiger partial charge on any atom is -0.369 e. The van der Waals surface area contributed by atoms with Gasteiger partial charge in [-0.05, 0) is 61.7 Å². The number of amides is 2. The highest BCUT2D eigenvalue weighted by Gasteiger charge is 2.29. The Morgan fingerprint density at radius 1 is 1.11 bits per heavy atom. The van der Waals surface area contributed by atoms with Crippen molar-refractivity contribution in [2.75, 3.05) is 32.7 Å². The summed E-state index contributed by atoms with van der Waals surface area (Å²) in [4.78, 5) is 32.4. The van der Waals surface area contributed by atoms with E-state index in [0.717, 1.165) is 45.3 Å². The molecule has 0 radical (unpaired) electrons. The average molecular weight is 380 g/mol. The van der Waals surface area contributed by atoms with E-state index < -0.39 is 0 Å². The number of nitrogens with two attached hydrogens (primary N) is 1. The van der Waals surface area contributed by atoms with Gasteiger partial charge in [-0.15, -0.1) is 0 Å². The van der Waals surface area contributed by atoms with Crippen LogP contribution in [0, 0.1) is 5.92 Å². The lowest BCUT2D eigenvalue weighted by Crippen LogP contribution is -2.48. The van der Waals surface area contributed by atoms with Crippen LogP contribution in [-0.4, -0.2) is 59.3 Å². The number of carbonyl (C=O) groups excluding carboxylic acids is 2. The molecule has 148 valence electrons. The standard InChI is InChI=1S/C22H28N4O2/c23-22(28)18-4-2-10-26(14-18)21(27)15-25-11-7-16(8-12-25)19-5-1-3-17-13-24-9-6-20(17)19/h1,3,5-6,9,13,16,18H,2,4,7-8,10-12,14-15H2,(H2,23,28). The molecule has 6 nitrogen and oxygen atoms in total. The highest BCUT2D eigenvalue weighted by molar-refractivity contribution is 5.85. The van der Waals surface area contributed by atoms with Crippen LogP contribution in [0.4, 0.5) is 0 Å². The van der Waals surface area contributed by atoms with Crippen LogP contribution in [0.5, 0.6) is 0 Å². The van der Waals surface area contributed by atoms with Gasteiger partial charge in [0.2, 0.25) is 11.8 Å². The number of carbonyl (C=O) groups is 2. The van der Waals surface area contributed by atoms with E-state index in [-0.39, 0.29) is 17.7 Å². The van der Waals surface area contributed by atoms with Gasteiger partial charge in [-0.1, -0.05) is 18.2 Å². The van der Waals surface area contributed by atoms with Crippen molar-refractivity contribution in [3.8, 4) is 0 Å². The number of piperidine rings is 2. The van der Waals surface area contributed by atoms with E-state index in [1.165, 1.54) is 16.3 Å². The van der Waals surface area contributed by atoms with Crippen LogP contribution in [-0.2, 0) is 9.59 Å². The van der Waals surface area contributed by atoms with Crippen LogP contribution in [0.2, 0.25) is 0 Å². The summed E-state index contributed by atoms with van der Waals surface area (Å²) < 4.78 is 0. The van der Waals surface area contributed by atoms with E-state index in [4.69, 9.17) is 5.73 Å². The third-order valence-corrected chi connectivity index (χ3v) is 6.28. The molecule has 3 heterocycles. The molecule has 0 spiro atoms. The molecule has 1 atom stereocenters. The minimum absolute atomic E-state index is 0.126. The maximum absolute atomic E-state index is 12.7. The third kappa shape index (κ3) is 4.02. The number of aromatic nitrogens is 1. The molecular formula is C22H28N4O2. The maximum Gasteiger partial charge on any atom is 0.236 e. The number of likely N-dealkylation sites (tertiary alicyclic amines) is 2. The van der Waals surface area contributed by atoms with E-state index >= 15 is 0 Å². The number of nitrogens with zero attached hydrogens (tertiary/aromatic N) is 3. The van der Waals surface area contributed by atoms with Gasteiger partial charge in [0, 0.05) is 30.9 Å². The molecule has 2 fully saturated rings. The SMILES string of the molecule is NC(=O)C1CCCN(C(=O)CN2CCC(c3cccc4cnccc34)CC2)C1. The predicted molar refractivity (Wildman–Crippen MR) is 109 cm³/mol. The second kappa shape index (κ2) is 8.27. The Balaban J connectivity index is 1.34. The second-order valence-electron chi connectivity index (χ2n) is 8.08. The Hall–Kier alpha value is -2.47. The van der Waals surface area contributed by atoms with Gasteiger partial charge >= 0.3 is 0 Å². The zero-order valence-corrected chi connectivity index (χ0v) is 16.2. The molecule has 2 aliphatic heterocycles. The zero-order valence-electron chi connectivity index (χ0n) is 16.2. The Bertz CT molecular complexity index is 855. The fourth-order valence-corrected chi connectivity index (χ4v) is 4.63. The summed E-state index contributed by atoms with van der Waals surface area (Å²) in [5, 5.41) is 2.48. The van der Waals surface area contributed by atoms with Crippen molar-refractivity contribution < 1.29 is 9.59 Å². The molecule has 1 aromatic carbocycles. The number of primary amides is 1. The molecule has 28 heavy (non-hydrogen) atoms. The molecule has 0 bridgehead atoms. The Morgan fingerprint density at radius 3 is 2.71 bits per heavy atom. The molecule has 0 aliphatic carbocycles. The van der Waals surface area contributed by atoms with E-state index in [0.29, 0.717) is 19.0 Å². The molecule has 2 saturated heterocycles. The van der Waals surface area contributed by atoms with Gasteiger partial charge in [0.25, 0.3) is 0 Å². The molecule has 2 aliphatic rings. The first-order valence-electron chi connectivity index (χ1n) is 10.2. The van der Waals surface area contributed by atoms with Crippen LogP contribution >= 0.6 is 0 Å². The molecule has 0 saturated carbocycles. The van der Waals surface area contributed by atoms with Crippen LogP contribution in [0.25, 0.3) is 10.8 Å². The van der Waals surface area contributed by atoms with Crippen LogP contribution in [0.15, 0.2) is 36.7 Å². The molecule has 2 N–H and O–H groups in total. The lowest BCUT2D eigenvalue weighted by molar-refractivity contribution is -0.136. The number of pyridine rings is 1. The number of fused-ring (bicyclic) bond motifs is 1. The number of hydrogen-bond acceptors (Lipinski definition) is 4. The molecule has 4 rings (SSSR count). The van der Waals surface area contributed by atoms with Gasteiger partial charge < -0.3 is 10.6 Å². The number of benzene rings is 1. The molecule has 1 unspecified atom stereocenters. The highest BCUT2D eigenvalue weighted by atomic mass is 16.2. The summed E-state index contributed by atoms with van der Waals surface area (Å²) in [5.41, 5.74) is 6.83. The maximum atomic E-state index is 12.7. The molecule has 2 aromatic rings. The Kier molecular flexibility index (Phi) is 5.57. The Labute approximate surface area is 165 Å². The molecule has 2 amide bonds. The van der Waals surface area contributed by atoms with Crippen LogP contribution < -0.4 is 5.73 Å². The van der Waals surface area contributed by atoms with Crippen molar-refractivity contribution in [1.29, 1.82) is 0 Å². The van der Waals surface area contributed by atoms with Crippen LogP contribution in [0.3, 0.4) is 0 Å². The van der Waals surface area contributed by atoms with Gasteiger partial charge in [-0.3, -0.25) is 19.5 Å². The first kappa shape index (κ1) is 18.9. The summed E-state index contributed by atoms with van der Waals surface area (Å²) in [7, 11) is 0. The predicted octanol–water partition coefficient (Wildman–Crippen LogP) is 2.14. The highest BCUT2D eigenvalue weighted by Crippen LogP contribution is 2.32. The van der Waals surface area contributed by atoms with E-state index in [1.807, 2.05) is 17.3 Å². The van der Waals surface area contributed by atoms with Gasteiger partial charge in [-0.25, -0.2) is 0 Å². The van der Waals surface area contributed by atoms with Crippen molar-refractivity contribution in [3.05, 3.63) is 42.2 Å². The molecule has 1 aromatic heterocycles. The van der Waals surface area contributed by atoms with Crippen molar-refractivity contribution in [2.24, 2.45) is 11.7 Å². The minimum atomic E-state index is -0.288. The smallest absolute Gasteiger partial charge is 0.236 e. The summed E-state index contributed by atoms with van der Waals surface area (Å²) >= 11 is 0. The normalized spacial score (nSPS) is 21.7. The number of hydrogen-bond donors (Lipinski definition) is 1. The average Bonchev–Trinajstić information content (AvgIpc) is 2.74. The second-order valence-corrected chi connectivity index (χ2v) is 8.08. The van der Waals surface area contributed by atoms with E-state index in [1.54, 1.807) is 0 Å². The lowest BCUT2D eigenvalue weighted by atomic mass is 9.86. The van der Waals surface area contributed by atoms with Gasteiger partial charge in [0.05, 0.1) is 12.5 Å². The van der Waals surface area contributed by atoms with Crippen molar-refractivity contribution in [1.82, 2.24) is 14.8 Å². The molecule has 6 heteroatoms. The summed E-state index contributed by atoms with van der Waals surface area (Å²) in [5.74, 6) is 0.167. The van der Waals surface area contributed by atoms with Crippen molar-refractivity contribution >= 4 is 22.6 Å². The quantitative estimate of drug-likeness (QED) is 0.881. The largest absolute Gasteiger partial charge is 0.369 e. The topological polar surface area (TPSA) is 79.5 Å². The lowest BCUT2D eigenvalue weighted by Gasteiger charge is -2.36. The first-order chi connectivity index (χ1) is 13.6. The van der Waals surface area contributed by atoms with Crippen molar-refractivity contribution in [2.45, 2.75) is 31.6 Å².